The number of methoxy groups -OCH3 is 1. The third-order valence-corrected chi connectivity index (χ3v) is 4.43. The monoisotopic (exact) mass is 328 g/mol. The molecular formula is C18H24N4O2. The number of hydrogen-bond acceptors (Lipinski definition) is 4. The lowest BCUT2D eigenvalue weighted by atomic mass is 10.1. The number of H-pyrrole nitrogens is 1. The van der Waals surface area contributed by atoms with E-state index in [0.717, 1.165) is 35.9 Å². The predicted molar refractivity (Wildman–Crippen MR) is 93.8 cm³/mol. The van der Waals surface area contributed by atoms with Gasteiger partial charge < -0.3 is 19.5 Å². The number of aromatic amines is 1. The molecule has 6 heteroatoms. The molecule has 6 nitrogen and oxygen atoms in total. The molecule has 0 spiro atoms. The molecule has 0 radical (unpaired) electrons. The van der Waals surface area contributed by atoms with Crippen molar-refractivity contribution in [3.05, 3.63) is 41.9 Å². The number of piperazine rings is 1. The molecule has 1 amide bonds. The average molecular weight is 328 g/mol. The molecule has 1 fully saturated rings. The van der Waals surface area contributed by atoms with Crippen LogP contribution in [0.15, 0.2) is 30.6 Å². The number of aromatic nitrogens is 2. The van der Waals surface area contributed by atoms with Gasteiger partial charge in [0.05, 0.1) is 12.7 Å². The van der Waals surface area contributed by atoms with Crippen molar-refractivity contribution >= 4 is 11.7 Å². The summed E-state index contributed by atoms with van der Waals surface area (Å²) in [5.74, 6) is 2.11. The van der Waals surface area contributed by atoms with Gasteiger partial charge in [0.1, 0.15) is 11.6 Å². The molecule has 1 saturated heterocycles. The molecule has 1 aliphatic rings. The summed E-state index contributed by atoms with van der Waals surface area (Å²) >= 11 is 0. The van der Waals surface area contributed by atoms with Crippen molar-refractivity contribution in [2.45, 2.75) is 19.8 Å². The minimum Gasteiger partial charge on any atom is -0.497 e. The first-order valence-electron chi connectivity index (χ1n) is 8.31. The Morgan fingerprint density at radius 3 is 2.67 bits per heavy atom. The first-order valence-corrected chi connectivity index (χ1v) is 8.31. The Morgan fingerprint density at radius 2 is 2.00 bits per heavy atom. The third kappa shape index (κ3) is 3.22. The maximum Gasteiger partial charge on any atom is 0.255 e. The molecule has 0 aliphatic carbocycles. The Bertz CT molecular complexity index is 703. The van der Waals surface area contributed by atoms with Crippen LogP contribution in [0.25, 0.3) is 0 Å². The fourth-order valence-electron chi connectivity index (χ4n) is 3.06. The second-order valence-electron chi connectivity index (χ2n) is 6.29. The summed E-state index contributed by atoms with van der Waals surface area (Å²) in [4.78, 5) is 24.5. The van der Waals surface area contributed by atoms with E-state index in [-0.39, 0.29) is 5.91 Å². The molecule has 3 rings (SSSR count). The molecule has 1 aliphatic heterocycles. The number of rotatable bonds is 4. The highest BCUT2D eigenvalue weighted by Gasteiger charge is 2.25. The van der Waals surface area contributed by atoms with E-state index in [9.17, 15) is 4.79 Å². The van der Waals surface area contributed by atoms with Gasteiger partial charge in [0.2, 0.25) is 0 Å². The van der Waals surface area contributed by atoms with Crippen LogP contribution in [0.1, 0.15) is 35.8 Å². The predicted octanol–water partition coefficient (Wildman–Crippen LogP) is 2.50. The Morgan fingerprint density at radius 1 is 1.25 bits per heavy atom. The van der Waals surface area contributed by atoms with Crippen molar-refractivity contribution in [3.8, 4) is 5.75 Å². The van der Waals surface area contributed by atoms with Crippen LogP contribution < -0.4 is 9.64 Å². The maximum absolute atomic E-state index is 12.8. The molecule has 128 valence electrons. The zero-order chi connectivity index (χ0) is 17.1. The summed E-state index contributed by atoms with van der Waals surface area (Å²) in [7, 11) is 1.65. The molecular weight excluding hydrogens is 304 g/mol. The number of carbonyl (C=O) groups is 1. The molecule has 0 saturated carbocycles. The number of nitrogens with one attached hydrogen (secondary N) is 1. The Hall–Kier alpha value is -2.50. The van der Waals surface area contributed by atoms with Gasteiger partial charge in [-0.15, -0.1) is 0 Å². The fourth-order valence-corrected chi connectivity index (χ4v) is 3.06. The van der Waals surface area contributed by atoms with E-state index >= 15 is 0 Å². The van der Waals surface area contributed by atoms with Gasteiger partial charge in [0, 0.05) is 50.3 Å². The van der Waals surface area contributed by atoms with Crippen molar-refractivity contribution in [1.82, 2.24) is 14.9 Å². The van der Waals surface area contributed by atoms with Crippen molar-refractivity contribution in [2.75, 3.05) is 38.2 Å². The molecule has 1 N–H and O–H groups in total. The van der Waals surface area contributed by atoms with Crippen LogP contribution in [-0.4, -0.2) is 54.1 Å². The van der Waals surface area contributed by atoms with Gasteiger partial charge in [-0.1, -0.05) is 13.8 Å². The summed E-state index contributed by atoms with van der Waals surface area (Å²) in [6.07, 6.45) is 3.60. The second-order valence-corrected chi connectivity index (χ2v) is 6.29. The number of anilines is 1. The Balaban J connectivity index is 1.66. The minimum atomic E-state index is 0.109. The van der Waals surface area contributed by atoms with Gasteiger partial charge in [-0.05, 0) is 18.1 Å². The highest BCUT2D eigenvalue weighted by molar-refractivity contribution is 5.95. The van der Waals surface area contributed by atoms with Crippen molar-refractivity contribution in [3.63, 3.8) is 0 Å². The smallest absolute Gasteiger partial charge is 0.255 e. The number of hydrogen-bond donors (Lipinski definition) is 1. The molecule has 0 atom stereocenters. The molecule has 2 aromatic heterocycles. The number of carbonyl (C=O) groups excluding carboxylic acids is 1. The second kappa shape index (κ2) is 6.95. The van der Waals surface area contributed by atoms with Crippen molar-refractivity contribution in [2.24, 2.45) is 0 Å². The normalized spacial score (nSPS) is 15.0. The van der Waals surface area contributed by atoms with Crippen LogP contribution in [0, 0.1) is 0 Å². The van der Waals surface area contributed by atoms with E-state index in [2.05, 4.69) is 28.7 Å². The lowest BCUT2D eigenvalue weighted by Gasteiger charge is -2.35. The number of nitrogens with zero attached hydrogens (tertiary/aromatic N) is 3. The van der Waals surface area contributed by atoms with Crippen molar-refractivity contribution in [1.29, 1.82) is 0 Å². The van der Waals surface area contributed by atoms with Crippen LogP contribution in [0.2, 0.25) is 0 Å². The van der Waals surface area contributed by atoms with Gasteiger partial charge in [0.25, 0.3) is 5.91 Å². The van der Waals surface area contributed by atoms with Crippen LogP contribution in [0.5, 0.6) is 5.75 Å². The first kappa shape index (κ1) is 16.4. The Labute approximate surface area is 142 Å². The van der Waals surface area contributed by atoms with E-state index in [1.165, 1.54) is 0 Å². The molecule has 0 bridgehead atoms. The van der Waals surface area contributed by atoms with E-state index in [4.69, 9.17) is 4.74 Å². The van der Waals surface area contributed by atoms with Crippen LogP contribution in [-0.2, 0) is 0 Å². The Kier molecular flexibility index (Phi) is 4.74. The first-order chi connectivity index (χ1) is 11.6. The molecule has 0 aromatic carbocycles. The summed E-state index contributed by atoms with van der Waals surface area (Å²) in [6, 6.07) is 5.65. The van der Waals surface area contributed by atoms with E-state index in [0.29, 0.717) is 19.0 Å². The third-order valence-electron chi connectivity index (χ3n) is 4.43. The SMILES string of the molecule is COc1ccnc(N2CCN(C(=O)c3cc[nH]c3C(C)C)CC2)c1. The molecule has 3 heterocycles. The summed E-state index contributed by atoms with van der Waals surface area (Å²) < 4.78 is 5.25. The maximum atomic E-state index is 12.8. The van der Waals surface area contributed by atoms with Crippen molar-refractivity contribution < 1.29 is 9.53 Å². The van der Waals surface area contributed by atoms with Gasteiger partial charge in [-0.2, -0.15) is 0 Å². The van der Waals surface area contributed by atoms with Gasteiger partial charge in [-0.3, -0.25) is 4.79 Å². The quantitative estimate of drug-likeness (QED) is 0.937. The van der Waals surface area contributed by atoms with E-state index in [1.54, 1.807) is 13.3 Å². The highest BCUT2D eigenvalue weighted by Crippen LogP contribution is 2.22. The topological polar surface area (TPSA) is 61.5 Å². The van der Waals surface area contributed by atoms with Crippen LogP contribution in [0.3, 0.4) is 0 Å². The molecule has 24 heavy (non-hydrogen) atoms. The van der Waals surface area contributed by atoms with Crippen LogP contribution in [0.4, 0.5) is 5.82 Å². The van der Waals surface area contributed by atoms with Gasteiger partial charge in [0.15, 0.2) is 0 Å². The average Bonchev–Trinajstić information content (AvgIpc) is 3.11. The van der Waals surface area contributed by atoms with E-state index < -0.39 is 0 Å². The van der Waals surface area contributed by atoms with Crippen LogP contribution >= 0.6 is 0 Å². The van der Waals surface area contributed by atoms with Gasteiger partial charge in [-0.25, -0.2) is 4.98 Å². The lowest BCUT2D eigenvalue weighted by molar-refractivity contribution is 0.0745. The zero-order valence-corrected chi connectivity index (χ0v) is 14.5. The summed E-state index contributed by atoms with van der Waals surface area (Å²) in [5, 5.41) is 0. The summed E-state index contributed by atoms with van der Waals surface area (Å²) in [5.41, 5.74) is 1.80. The lowest BCUT2D eigenvalue weighted by Crippen LogP contribution is -2.49. The fraction of sp³-hybridized carbons (Fsp3) is 0.444. The molecule has 0 unspecified atom stereocenters. The number of amides is 1. The highest BCUT2D eigenvalue weighted by atomic mass is 16.5. The number of ether oxygens (including phenoxy) is 1. The largest absolute Gasteiger partial charge is 0.497 e. The minimum absolute atomic E-state index is 0.109. The zero-order valence-electron chi connectivity index (χ0n) is 14.5. The van der Waals surface area contributed by atoms with Gasteiger partial charge >= 0.3 is 0 Å². The summed E-state index contributed by atoms with van der Waals surface area (Å²) in [6.45, 7) is 7.12. The van der Waals surface area contributed by atoms with E-state index in [1.807, 2.05) is 29.3 Å². The standard InChI is InChI=1S/C18H24N4O2/c1-13(2)17-15(5-7-20-17)18(23)22-10-8-21(9-11-22)16-12-14(24-3)4-6-19-16/h4-7,12-13,20H,8-11H2,1-3H3. The molecule has 2 aromatic rings. The number of pyridine rings is 1.